The largest absolute Gasteiger partial charge is 0.494 e. The van der Waals surface area contributed by atoms with E-state index in [4.69, 9.17) is 9.47 Å². The third-order valence-electron chi connectivity index (χ3n) is 4.47. The maximum atomic E-state index is 13.2. The summed E-state index contributed by atoms with van der Waals surface area (Å²) in [5.74, 6) is -0.370. The molecular formula is C22H26N2O5. The Hall–Kier alpha value is -3.11. The summed E-state index contributed by atoms with van der Waals surface area (Å²) in [6.45, 7) is 6.93. The van der Waals surface area contributed by atoms with Gasteiger partial charge in [-0.3, -0.25) is 14.2 Å². The van der Waals surface area contributed by atoms with Crippen molar-refractivity contribution in [3.8, 4) is 17.7 Å². The van der Waals surface area contributed by atoms with Crippen LogP contribution in [0.15, 0.2) is 29.1 Å². The van der Waals surface area contributed by atoms with Gasteiger partial charge in [-0.2, -0.15) is 5.26 Å². The highest BCUT2D eigenvalue weighted by atomic mass is 16.5. The van der Waals surface area contributed by atoms with Gasteiger partial charge in [-0.25, -0.2) is 0 Å². The highest BCUT2D eigenvalue weighted by Crippen LogP contribution is 2.26. The molecule has 0 bridgehead atoms. The number of ether oxygens (including phenoxy) is 2. The molecule has 0 aliphatic rings. The van der Waals surface area contributed by atoms with Crippen molar-refractivity contribution in [1.29, 1.82) is 5.26 Å². The number of benzene rings is 1. The first kappa shape index (κ1) is 22.2. The summed E-state index contributed by atoms with van der Waals surface area (Å²) in [5, 5.41) is 20.2. The van der Waals surface area contributed by atoms with Crippen molar-refractivity contribution in [1.82, 2.24) is 4.57 Å². The van der Waals surface area contributed by atoms with Gasteiger partial charge in [0.05, 0.1) is 12.2 Å². The van der Waals surface area contributed by atoms with Crippen molar-refractivity contribution in [2.45, 2.75) is 40.2 Å². The van der Waals surface area contributed by atoms with E-state index < -0.39 is 17.2 Å². The molecule has 2 aromatic rings. The van der Waals surface area contributed by atoms with Crippen molar-refractivity contribution < 1.29 is 19.4 Å². The number of ketones is 1. The van der Waals surface area contributed by atoms with Gasteiger partial charge in [0.25, 0.3) is 5.56 Å². The number of nitriles is 1. The lowest BCUT2D eigenvalue weighted by Crippen LogP contribution is -2.27. The summed E-state index contributed by atoms with van der Waals surface area (Å²) in [6, 6.07) is 8.50. The normalized spacial score (nSPS) is 10.6. The molecule has 0 unspecified atom stereocenters. The molecule has 0 fully saturated rings. The number of hydrogen-bond acceptors (Lipinski definition) is 6. The summed E-state index contributed by atoms with van der Waals surface area (Å²) >= 11 is 0. The van der Waals surface area contributed by atoms with Crippen LogP contribution in [0.1, 0.15) is 53.7 Å². The van der Waals surface area contributed by atoms with Crippen LogP contribution in [-0.4, -0.2) is 35.3 Å². The van der Waals surface area contributed by atoms with Crippen molar-refractivity contribution >= 4 is 5.78 Å². The number of carbonyl (C=O) groups excluding carboxylic acids is 1. The van der Waals surface area contributed by atoms with Crippen LogP contribution in [0.3, 0.4) is 0 Å². The molecule has 1 aromatic heterocycles. The van der Waals surface area contributed by atoms with E-state index in [1.165, 1.54) is 6.92 Å². The molecule has 7 heteroatoms. The Morgan fingerprint density at radius 1 is 1.28 bits per heavy atom. The molecule has 0 amide bonds. The van der Waals surface area contributed by atoms with E-state index in [0.29, 0.717) is 37.6 Å². The van der Waals surface area contributed by atoms with Crippen LogP contribution in [0.5, 0.6) is 11.6 Å². The van der Waals surface area contributed by atoms with Crippen molar-refractivity contribution in [3.63, 3.8) is 0 Å². The second-order valence-electron chi connectivity index (χ2n) is 6.52. The first-order chi connectivity index (χ1) is 14.0. The molecule has 2 rings (SSSR count). The number of carbonyl (C=O) groups is 1. The Bertz CT molecular complexity index is 972. The first-order valence-electron chi connectivity index (χ1n) is 9.67. The van der Waals surface area contributed by atoms with Crippen LogP contribution in [0, 0.1) is 18.3 Å². The fourth-order valence-electron chi connectivity index (χ4n) is 2.99. The Morgan fingerprint density at radius 3 is 2.69 bits per heavy atom. The zero-order chi connectivity index (χ0) is 21.4. The lowest BCUT2D eigenvalue weighted by molar-refractivity contribution is 0.103. The van der Waals surface area contributed by atoms with E-state index >= 15 is 0 Å². The van der Waals surface area contributed by atoms with Gasteiger partial charge in [-0.1, -0.05) is 19.1 Å². The second-order valence-corrected chi connectivity index (χ2v) is 6.52. The van der Waals surface area contributed by atoms with Gasteiger partial charge in [-0.15, -0.1) is 0 Å². The van der Waals surface area contributed by atoms with Gasteiger partial charge in [0.1, 0.15) is 17.4 Å². The average molecular weight is 398 g/mol. The molecule has 1 aromatic carbocycles. The van der Waals surface area contributed by atoms with Crippen LogP contribution in [0.25, 0.3) is 0 Å². The van der Waals surface area contributed by atoms with Crippen molar-refractivity contribution in [2.75, 3.05) is 19.8 Å². The molecule has 0 atom stereocenters. The van der Waals surface area contributed by atoms with E-state index in [1.807, 2.05) is 19.9 Å². The third kappa shape index (κ3) is 5.04. The summed E-state index contributed by atoms with van der Waals surface area (Å²) in [7, 11) is 0. The smallest absolute Gasteiger partial charge is 0.271 e. The standard InChI is InChI=1S/C22H26N2O5/c1-4-11-29-17-9-6-8-16(13-17)20(25)19-15(3)18(14-23)21(26)24(22(19)27)10-7-12-28-5-2/h6,8-9,13,27H,4-5,7,10-12H2,1-3H3. The molecule has 154 valence electrons. The Morgan fingerprint density at radius 2 is 2.03 bits per heavy atom. The van der Waals surface area contributed by atoms with Crippen molar-refractivity contribution in [2.24, 2.45) is 0 Å². The van der Waals surface area contributed by atoms with Crippen LogP contribution < -0.4 is 10.3 Å². The molecule has 0 spiro atoms. The number of hydrogen-bond donors (Lipinski definition) is 1. The zero-order valence-corrected chi connectivity index (χ0v) is 17.0. The number of pyridine rings is 1. The minimum Gasteiger partial charge on any atom is -0.494 e. The number of rotatable bonds is 10. The van der Waals surface area contributed by atoms with E-state index in [9.17, 15) is 20.0 Å². The van der Waals surface area contributed by atoms with E-state index in [2.05, 4.69) is 0 Å². The third-order valence-corrected chi connectivity index (χ3v) is 4.47. The molecule has 0 saturated carbocycles. The second kappa shape index (κ2) is 10.4. The van der Waals surface area contributed by atoms with Gasteiger partial charge >= 0.3 is 0 Å². The van der Waals surface area contributed by atoms with Crippen LogP contribution >= 0.6 is 0 Å². The fraction of sp³-hybridized carbons (Fsp3) is 0.409. The molecule has 0 aliphatic carbocycles. The zero-order valence-electron chi connectivity index (χ0n) is 17.0. The van der Waals surface area contributed by atoms with Crippen LogP contribution in [-0.2, 0) is 11.3 Å². The predicted molar refractivity (Wildman–Crippen MR) is 109 cm³/mol. The summed E-state index contributed by atoms with van der Waals surface area (Å²) in [6.07, 6.45) is 1.29. The molecule has 29 heavy (non-hydrogen) atoms. The number of aromatic nitrogens is 1. The average Bonchev–Trinajstić information content (AvgIpc) is 2.72. The van der Waals surface area contributed by atoms with E-state index in [-0.39, 0.29) is 23.2 Å². The highest BCUT2D eigenvalue weighted by molar-refractivity contribution is 6.11. The minimum atomic E-state index is -0.615. The lowest BCUT2D eigenvalue weighted by Gasteiger charge is -2.16. The maximum Gasteiger partial charge on any atom is 0.271 e. The molecular weight excluding hydrogens is 372 g/mol. The molecule has 0 radical (unpaired) electrons. The highest BCUT2D eigenvalue weighted by Gasteiger charge is 2.25. The lowest BCUT2D eigenvalue weighted by atomic mass is 9.97. The Kier molecular flexibility index (Phi) is 7.98. The number of nitrogens with zero attached hydrogens (tertiary/aromatic N) is 2. The quantitative estimate of drug-likeness (QED) is 0.487. The van der Waals surface area contributed by atoms with E-state index in [0.717, 1.165) is 11.0 Å². The summed E-state index contributed by atoms with van der Waals surface area (Å²) in [4.78, 5) is 25.8. The van der Waals surface area contributed by atoms with Crippen molar-refractivity contribution in [3.05, 3.63) is 56.9 Å². The van der Waals surface area contributed by atoms with Crippen LogP contribution in [0.4, 0.5) is 0 Å². The number of aromatic hydroxyl groups is 1. The van der Waals surface area contributed by atoms with E-state index in [1.54, 1.807) is 24.3 Å². The molecule has 7 nitrogen and oxygen atoms in total. The fourth-order valence-corrected chi connectivity index (χ4v) is 2.99. The monoisotopic (exact) mass is 398 g/mol. The molecule has 1 heterocycles. The van der Waals surface area contributed by atoms with Gasteiger partial charge in [0.2, 0.25) is 5.88 Å². The van der Waals surface area contributed by atoms with Crippen LogP contribution in [0.2, 0.25) is 0 Å². The molecule has 1 N–H and O–H groups in total. The van der Waals surface area contributed by atoms with Gasteiger partial charge in [0, 0.05) is 25.3 Å². The summed E-state index contributed by atoms with van der Waals surface area (Å²) < 4.78 is 11.9. The minimum absolute atomic E-state index is 0.0507. The summed E-state index contributed by atoms with van der Waals surface area (Å²) in [5.41, 5.74) is -0.344. The Labute approximate surface area is 170 Å². The van der Waals surface area contributed by atoms with Gasteiger partial charge in [0.15, 0.2) is 5.78 Å². The maximum absolute atomic E-state index is 13.2. The molecule has 0 aliphatic heterocycles. The van der Waals surface area contributed by atoms with Gasteiger partial charge < -0.3 is 14.6 Å². The van der Waals surface area contributed by atoms with Gasteiger partial charge in [-0.05, 0) is 44.4 Å². The predicted octanol–water partition coefficient (Wildman–Crippen LogP) is 3.18. The SMILES string of the molecule is CCCOc1cccc(C(=O)c2c(C)c(C#N)c(=O)n(CCCOCC)c2O)c1. The topological polar surface area (TPSA) is 102 Å². The molecule has 0 saturated heterocycles. The Balaban J connectivity index is 2.50. The first-order valence-corrected chi connectivity index (χ1v) is 9.67.